The van der Waals surface area contributed by atoms with E-state index in [-0.39, 0.29) is 15.9 Å². The molecule has 24 heavy (non-hydrogen) atoms. The second-order valence-corrected chi connectivity index (χ2v) is 7.33. The number of hydrogen-bond acceptors (Lipinski definition) is 5. The number of fused-ring (bicyclic) bond motifs is 3. The number of aryl methyl sites for hydroxylation is 2. The molecule has 4 rings (SSSR count). The van der Waals surface area contributed by atoms with Crippen LogP contribution >= 0.6 is 34.5 Å². The molecule has 0 unspecified atom stereocenters. The van der Waals surface area contributed by atoms with Crippen molar-refractivity contribution in [3.8, 4) is 0 Å². The van der Waals surface area contributed by atoms with E-state index in [0.29, 0.717) is 11.5 Å². The molecule has 5 nitrogen and oxygen atoms in total. The van der Waals surface area contributed by atoms with E-state index >= 15 is 0 Å². The molecule has 3 aromatic rings. The average molecular weight is 380 g/mol. The molecule has 2 heterocycles. The van der Waals surface area contributed by atoms with Crippen molar-refractivity contribution in [1.82, 2.24) is 9.97 Å². The largest absolute Gasteiger partial charge is 0.478 e. The normalized spacial score (nSPS) is 13.2. The fraction of sp³-hybridized carbons (Fsp3) is 0.188. The number of thiophene rings is 1. The van der Waals surface area contributed by atoms with Crippen molar-refractivity contribution in [1.29, 1.82) is 0 Å². The lowest BCUT2D eigenvalue weighted by atomic mass is 10.1. The minimum absolute atomic E-state index is 0.0358. The Morgan fingerprint density at radius 3 is 2.88 bits per heavy atom. The maximum Gasteiger partial charge on any atom is 0.337 e. The molecule has 1 aromatic carbocycles. The van der Waals surface area contributed by atoms with Crippen molar-refractivity contribution < 1.29 is 9.90 Å². The number of anilines is 2. The number of aromatic carboxylic acids is 1. The second kappa shape index (κ2) is 5.88. The number of rotatable bonds is 3. The standard InChI is InChI=1S/C16H11Cl2N3O2S/c17-10-5-4-7(6-9(10)15(22)23)19-13-12-8-2-1-3-11(8)24-14(12)21-16(18)20-13/h4-6H,1-3H2,(H,22,23)(H,19,20,21). The number of nitrogens with zero attached hydrogens (tertiary/aromatic N) is 2. The maximum absolute atomic E-state index is 11.2. The van der Waals surface area contributed by atoms with Crippen LogP contribution in [0.2, 0.25) is 10.3 Å². The van der Waals surface area contributed by atoms with E-state index in [2.05, 4.69) is 15.3 Å². The van der Waals surface area contributed by atoms with Gasteiger partial charge in [0.15, 0.2) is 0 Å². The summed E-state index contributed by atoms with van der Waals surface area (Å²) in [7, 11) is 0. The highest BCUT2D eigenvalue weighted by molar-refractivity contribution is 7.19. The van der Waals surface area contributed by atoms with Crippen LogP contribution in [0, 0.1) is 0 Å². The first-order valence-corrected chi connectivity index (χ1v) is 8.88. The molecule has 0 spiro atoms. The van der Waals surface area contributed by atoms with E-state index in [1.54, 1.807) is 23.5 Å². The van der Waals surface area contributed by atoms with E-state index < -0.39 is 5.97 Å². The summed E-state index contributed by atoms with van der Waals surface area (Å²) >= 11 is 13.6. The Hall–Kier alpha value is -1.89. The summed E-state index contributed by atoms with van der Waals surface area (Å²) in [6.07, 6.45) is 3.18. The Kier molecular flexibility index (Phi) is 3.83. The van der Waals surface area contributed by atoms with Gasteiger partial charge in [0.25, 0.3) is 0 Å². The Bertz CT molecular complexity index is 987. The van der Waals surface area contributed by atoms with Crippen molar-refractivity contribution in [3.05, 3.63) is 44.5 Å². The zero-order valence-corrected chi connectivity index (χ0v) is 14.6. The zero-order valence-electron chi connectivity index (χ0n) is 12.3. The second-order valence-electron chi connectivity index (χ2n) is 5.50. The first-order valence-electron chi connectivity index (χ1n) is 7.30. The summed E-state index contributed by atoms with van der Waals surface area (Å²) < 4.78 is 0. The Balaban J connectivity index is 1.83. The van der Waals surface area contributed by atoms with Gasteiger partial charge in [0.1, 0.15) is 10.6 Å². The van der Waals surface area contributed by atoms with Gasteiger partial charge in [-0.2, -0.15) is 4.98 Å². The van der Waals surface area contributed by atoms with E-state index in [1.165, 1.54) is 16.5 Å². The topological polar surface area (TPSA) is 75.1 Å². The molecular formula is C16H11Cl2N3O2S. The molecule has 8 heteroatoms. The molecule has 0 fully saturated rings. The summed E-state index contributed by atoms with van der Waals surface area (Å²) in [5.41, 5.74) is 1.89. The van der Waals surface area contributed by atoms with Crippen molar-refractivity contribution in [2.45, 2.75) is 19.3 Å². The monoisotopic (exact) mass is 379 g/mol. The van der Waals surface area contributed by atoms with Gasteiger partial charge >= 0.3 is 5.97 Å². The summed E-state index contributed by atoms with van der Waals surface area (Å²) in [5.74, 6) is -0.478. The summed E-state index contributed by atoms with van der Waals surface area (Å²) in [5, 5.41) is 13.7. The van der Waals surface area contributed by atoms with Gasteiger partial charge < -0.3 is 10.4 Å². The smallest absolute Gasteiger partial charge is 0.337 e. The highest BCUT2D eigenvalue weighted by Crippen LogP contribution is 2.40. The van der Waals surface area contributed by atoms with Crippen LogP contribution in [0.1, 0.15) is 27.2 Å². The van der Waals surface area contributed by atoms with Gasteiger partial charge in [-0.25, -0.2) is 9.78 Å². The lowest BCUT2D eigenvalue weighted by Crippen LogP contribution is -2.01. The maximum atomic E-state index is 11.2. The van der Waals surface area contributed by atoms with Gasteiger partial charge in [-0.1, -0.05) is 11.6 Å². The van der Waals surface area contributed by atoms with Gasteiger partial charge in [0, 0.05) is 10.6 Å². The van der Waals surface area contributed by atoms with Crippen LogP contribution in [-0.2, 0) is 12.8 Å². The molecule has 2 aromatic heterocycles. The number of carboxylic acids is 1. The molecular weight excluding hydrogens is 369 g/mol. The lowest BCUT2D eigenvalue weighted by molar-refractivity contribution is 0.0697. The van der Waals surface area contributed by atoms with Crippen LogP contribution in [0.15, 0.2) is 18.2 Å². The van der Waals surface area contributed by atoms with E-state index in [4.69, 9.17) is 23.2 Å². The molecule has 122 valence electrons. The van der Waals surface area contributed by atoms with Gasteiger partial charge in [0.2, 0.25) is 5.28 Å². The molecule has 0 atom stereocenters. The minimum atomic E-state index is -1.08. The highest BCUT2D eigenvalue weighted by Gasteiger charge is 2.22. The third-order valence-electron chi connectivity index (χ3n) is 4.00. The molecule has 0 amide bonds. The predicted octanol–water partition coefficient (Wildman–Crippen LogP) is 4.93. The van der Waals surface area contributed by atoms with Crippen molar-refractivity contribution in [2.75, 3.05) is 5.32 Å². The summed E-state index contributed by atoms with van der Waals surface area (Å²) in [6.45, 7) is 0. The van der Waals surface area contributed by atoms with Crippen LogP contribution in [0.25, 0.3) is 10.2 Å². The predicted molar refractivity (Wildman–Crippen MR) is 96.1 cm³/mol. The van der Waals surface area contributed by atoms with Crippen LogP contribution in [-0.4, -0.2) is 21.0 Å². The van der Waals surface area contributed by atoms with Crippen LogP contribution < -0.4 is 5.32 Å². The summed E-state index contributed by atoms with van der Waals surface area (Å²) in [4.78, 5) is 22.1. The number of carboxylic acid groups (broad SMARTS) is 1. The fourth-order valence-corrected chi connectivity index (χ4v) is 4.64. The van der Waals surface area contributed by atoms with E-state index in [9.17, 15) is 9.90 Å². The molecule has 0 saturated heterocycles. The van der Waals surface area contributed by atoms with E-state index in [1.807, 2.05) is 0 Å². The Morgan fingerprint density at radius 2 is 2.08 bits per heavy atom. The zero-order chi connectivity index (χ0) is 16.8. The number of carbonyl (C=O) groups is 1. The molecule has 0 aliphatic heterocycles. The number of halogens is 2. The first-order chi connectivity index (χ1) is 11.5. The Labute approximate surface area is 151 Å². The average Bonchev–Trinajstić information content (AvgIpc) is 3.08. The minimum Gasteiger partial charge on any atom is -0.478 e. The molecule has 0 saturated carbocycles. The molecule has 1 aliphatic rings. The third kappa shape index (κ3) is 2.60. The van der Waals surface area contributed by atoms with Crippen molar-refractivity contribution in [2.24, 2.45) is 0 Å². The van der Waals surface area contributed by atoms with Gasteiger partial charge in [-0.3, -0.25) is 0 Å². The first kappa shape index (κ1) is 15.6. The van der Waals surface area contributed by atoms with Crippen molar-refractivity contribution in [3.63, 3.8) is 0 Å². The number of benzene rings is 1. The molecule has 2 N–H and O–H groups in total. The lowest BCUT2D eigenvalue weighted by Gasteiger charge is -2.10. The van der Waals surface area contributed by atoms with Crippen molar-refractivity contribution >= 4 is 62.2 Å². The van der Waals surface area contributed by atoms with Gasteiger partial charge in [0.05, 0.1) is 16.0 Å². The van der Waals surface area contributed by atoms with Gasteiger partial charge in [-0.05, 0) is 54.6 Å². The number of nitrogens with one attached hydrogen (secondary N) is 1. The van der Waals surface area contributed by atoms with Gasteiger partial charge in [-0.15, -0.1) is 11.3 Å². The number of aromatic nitrogens is 2. The quantitative estimate of drug-likeness (QED) is 0.631. The highest BCUT2D eigenvalue weighted by atomic mass is 35.5. The molecule has 0 radical (unpaired) electrons. The fourth-order valence-electron chi connectivity index (χ4n) is 2.96. The third-order valence-corrected chi connectivity index (χ3v) is 5.68. The Morgan fingerprint density at radius 1 is 1.25 bits per heavy atom. The SMILES string of the molecule is O=C(O)c1cc(Nc2nc(Cl)nc3sc4c(c23)CCC4)ccc1Cl. The van der Waals surface area contributed by atoms with E-state index in [0.717, 1.165) is 29.5 Å². The molecule has 0 bridgehead atoms. The summed E-state index contributed by atoms with van der Waals surface area (Å²) in [6, 6.07) is 4.74. The number of hydrogen-bond donors (Lipinski definition) is 2. The van der Waals surface area contributed by atoms with Crippen LogP contribution in [0.3, 0.4) is 0 Å². The molecule has 1 aliphatic carbocycles. The van der Waals surface area contributed by atoms with Crippen LogP contribution in [0.4, 0.5) is 11.5 Å². The van der Waals surface area contributed by atoms with Crippen LogP contribution in [0.5, 0.6) is 0 Å².